The molecule has 156 valence electrons. The lowest BCUT2D eigenvalue weighted by molar-refractivity contribution is 0.0404. The van der Waals surface area contributed by atoms with Gasteiger partial charge in [0.05, 0.1) is 0 Å². The van der Waals surface area contributed by atoms with E-state index in [0.29, 0.717) is 35.5 Å². The van der Waals surface area contributed by atoms with Gasteiger partial charge in [0.15, 0.2) is 0 Å². The minimum atomic E-state index is -0.533. The minimum absolute atomic E-state index is 0.533. The molecule has 3 aliphatic carbocycles. The first-order valence-corrected chi connectivity index (χ1v) is 11.4. The van der Waals surface area contributed by atoms with Crippen LogP contribution in [0.15, 0.2) is 36.5 Å². The monoisotopic (exact) mass is 386 g/mol. The summed E-state index contributed by atoms with van der Waals surface area (Å²) in [6, 6.07) is 0. The maximum Gasteiger partial charge on any atom is 0.639 e. The Morgan fingerprint density at radius 1 is 0.536 bits per heavy atom. The van der Waals surface area contributed by atoms with Crippen LogP contribution < -0.4 is 0 Å². The first kappa shape index (κ1) is 21.9. The van der Waals surface area contributed by atoms with E-state index < -0.39 is 7.32 Å². The van der Waals surface area contributed by atoms with E-state index in [1.165, 1.54) is 0 Å². The van der Waals surface area contributed by atoms with Gasteiger partial charge in [0.1, 0.15) is 0 Å². The second-order valence-corrected chi connectivity index (χ2v) is 9.33. The summed E-state index contributed by atoms with van der Waals surface area (Å²) in [6.45, 7) is 9.12. The second-order valence-electron chi connectivity index (χ2n) is 9.33. The fourth-order valence-corrected chi connectivity index (χ4v) is 4.47. The van der Waals surface area contributed by atoms with Crippen LogP contribution in [0.4, 0.5) is 0 Å². The molecule has 0 bridgehead atoms. The van der Waals surface area contributed by atoms with Crippen molar-refractivity contribution in [3.63, 3.8) is 0 Å². The summed E-state index contributed by atoms with van der Waals surface area (Å²) in [5.74, 6) is 3.68. The molecule has 28 heavy (non-hydrogen) atoms. The molecule has 0 aromatic rings. The molecule has 3 nitrogen and oxygen atoms in total. The smallest absolute Gasteiger partial charge is 0.386 e. The highest BCUT2D eigenvalue weighted by Gasteiger charge is 2.30. The molecule has 0 fully saturated rings. The van der Waals surface area contributed by atoms with Gasteiger partial charge in [-0.25, -0.2) is 0 Å². The standard InChI is InChI=1S/C24H39BO3/c1-19-10-4-7-13-22(19)16-26-25(27-17-23-14-8-5-11-20(23)2)28-18-24-15-9-6-12-21(24)3/h4-9,19-24H,10-18H2,1-3H3. The molecule has 6 unspecified atom stereocenters. The van der Waals surface area contributed by atoms with Gasteiger partial charge in [0.25, 0.3) is 0 Å². The highest BCUT2D eigenvalue weighted by Crippen LogP contribution is 2.28. The van der Waals surface area contributed by atoms with Gasteiger partial charge in [-0.05, 0) is 74.0 Å². The lowest BCUT2D eigenvalue weighted by Gasteiger charge is -2.30. The van der Waals surface area contributed by atoms with Gasteiger partial charge in [-0.15, -0.1) is 0 Å². The highest BCUT2D eigenvalue weighted by atomic mass is 16.7. The Hall–Kier alpha value is -0.835. The Bertz CT molecular complexity index is 468. The summed E-state index contributed by atoms with van der Waals surface area (Å²) in [5.41, 5.74) is 0. The predicted octanol–water partition coefficient (Wildman–Crippen LogP) is 5.83. The molecule has 0 radical (unpaired) electrons. The molecular weight excluding hydrogens is 347 g/mol. The molecule has 0 aliphatic heterocycles. The summed E-state index contributed by atoms with van der Waals surface area (Å²) in [5, 5.41) is 0. The molecule has 3 rings (SSSR count). The van der Waals surface area contributed by atoms with Crippen LogP contribution in [0.1, 0.15) is 59.3 Å². The number of hydrogen-bond acceptors (Lipinski definition) is 3. The summed E-state index contributed by atoms with van der Waals surface area (Å²) >= 11 is 0. The molecule has 0 saturated heterocycles. The Morgan fingerprint density at radius 3 is 1.11 bits per heavy atom. The third-order valence-corrected chi connectivity index (χ3v) is 7.09. The van der Waals surface area contributed by atoms with Crippen LogP contribution in [0.2, 0.25) is 0 Å². The second kappa shape index (κ2) is 11.4. The number of allylic oxidation sites excluding steroid dienone is 6. The third-order valence-electron chi connectivity index (χ3n) is 7.09. The highest BCUT2D eigenvalue weighted by molar-refractivity contribution is 6.36. The molecule has 0 heterocycles. The van der Waals surface area contributed by atoms with E-state index in [1.54, 1.807) is 0 Å². The fourth-order valence-electron chi connectivity index (χ4n) is 4.47. The van der Waals surface area contributed by atoms with Gasteiger partial charge in [0, 0.05) is 19.8 Å². The van der Waals surface area contributed by atoms with E-state index in [2.05, 4.69) is 57.2 Å². The lowest BCUT2D eigenvalue weighted by atomic mass is 9.84. The average molecular weight is 386 g/mol. The van der Waals surface area contributed by atoms with Crippen LogP contribution in [-0.4, -0.2) is 27.1 Å². The summed E-state index contributed by atoms with van der Waals surface area (Å²) < 4.78 is 18.6. The van der Waals surface area contributed by atoms with Crippen LogP contribution in [-0.2, 0) is 14.0 Å². The molecule has 0 aromatic carbocycles. The summed E-state index contributed by atoms with van der Waals surface area (Å²) in [6.07, 6.45) is 20.5. The van der Waals surface area contributed by atoms with Crippen molar-refractivity contribution in [1.82, 2.24) is 0 Å². The van der Waals surface area contributed by atoms with Crippen LogP contribution in [0.3, 0.4) is 0 Å². The Labute approximate surface area is 172 Å². The van der Waals surface area contributed by atoms with E-state index in [9.17, 15) is 0 Å². The van der Waals surface area contributed by atoms with Crippen molar-refractivity contribution < 1.29 is 14.0 Å². The Morgan fingerprint density at radius 2 is 0.821 bits per heavy atom. The Balaban J connectivity index is 1.50. The van der Waals surface area contributed by atoms with Crippen LogP contribution >= 0.6 is 0 Å². The third kappa shape index (κ3) is 6.61. The molecule has 0 amide bonds. The maximum absolute atomic E-state index is 6.19. The molecular formula is C24H39BO3. The normalized spacial score (nSPS) is 35.2. The predicted molar refractivity (Wildman–Crippen MR) is 117 cm³/mol. The van der Waals surface area contributed by atoms with Gasteiger partial charge in [0.2, 0.25) is 0 Å². The van der Waals surface area contributed by atoms with E-state index in [-0.39, 0.29) is 0 Å². The zero-order valence-corrected chi connectivity index (χ0v) is 18.1. The SMILES string of the molecule is CC1CC=CCC1COB(OCC1CC=CCC1C)OCC1CC=CCC1C. The minimum Gasteiger partial charge on any atom is -0.386 e. The molecule has 0 saturated carbocycles. The van der Waals surface area contributed by atoms with Crippen molar-refractivity contribution in [2.75, 3.05) is 19.8 Å². The van der Waals surface area contributed by atoms with Gasteiger partial charge in [-0.3, -0.25) is 0 Å². The van der Waals surface area contributed by atoms with E-state index >= 15 is 0 Å². The average Bonchev–Trinajstić information content (AvgIpc) is 2.71. The first-order valence-electron chi connectivity index (χ1n) is 11.4. The van der Waals surface area contributed by atoms with Crippen molar-refractivity contribution in [2.45, 2.75) is 59.3 Å². The maximum atomic E-state index is 6.19. The zero-order chi connectivity index (χ0) is 19.8. The van der Waals surface area contributed by atoms with Gasteiger partial charge in [-0.2, -0.15) is 0 Å². The summed E-state index contributed by atoms with van der Waals surface area (Å²) in [7, 11) is -0.533. The van der Waals surface area contributed by atoms with Crippen molar-refractivity contribution in [3.05, 3.63) is 36.5 Å². The summed E-state index contributed by atoms with van der Waals surface area (Å²) in [4.78, 5) is 0. The molecule has 6 atom stereocenters. The van der Waals surface area contributed by atoms with Crippen molar-refractivity contribution >= 4 is 7.32 Å². The zero-order valence-electron chi connectivity index (χ0n) is 18.1. The lowest BCUT2D eigenvalue weighted by Crippen LogP contribution is -2.36. The quantitative estimate of drug-likeness (QED) is 0.369. The van der Waals surface area contributed by atoms with E-state index in [4.69, 9.17) is 14.0 Å². The molecule has 3 aliphatic rings. The van der Waals surface area contributed by atoms with Gasteiger partial charge in [-0.1, -0.05) is 57.2 Å². The van der Waals surface area contributed by atoms with Crippen molar-refractivity contribution in [3.8, 4) is 0 Å². The number of hydrogen-bond donors (Lipinski definition) is 0. The largest absolute Gasteiger partial charge is 0.639 e. The molecule has 0 N–H and O–H groups in total. The Kier molecular flexibility index (Phi) is 8.88. The molecule has 0 spiro atoms. The van der Waals surface area contributed by atoms with E-state index in [0.717, 1.165) is 58.3 Å². The fraction of sp³-hybridized carbons (Fsp3) is 0.750. The first-order chi connectivity index (χ1) is 13.6. The van der Waals surface area contributed by atoms with Crippen LogP contribution in [0.5, 0.6) is 0 Å². The van der Waals surface area contributed by atoms with Crippen molar-refractivity contribution in [1.29, 1.82) is 0 Å². The van der Waals surface area contributed by atoms with Gasteiger partial charge < -0.3 is 14.0 Å². The van der Waals surface area contributed by atoms with Crippen LogP contribution in [0, 0.1) is 35.5 Å². The topological polar surface area (TPSA) is 27.7 Å². The molecule has 4 heteroatoms. The van der Waals surface area contributed by atoms with Crippen LogP contribution in [0.25, 0.3) is 0 Å². The van der Waals surface area contributed by atoms with Crippen molar-refractivity contribution in [2.24, 2.45) is 35.5 Å². The molecule has 0 aromatic heterocycles. The van der Waals surface area contributed by atoms with Gasteiger partial charge >= 0.3 is 7.32 Å². The number of rotatable bonds is 9. The van der Waals surface area contributed by atoms with E-state index in [1.807, 2.05) is 0 Å².